The fourth-order valence-electron chi connectivity index (χ4n) is 2.83. The molecule has 1 aliphatic rings. The lowest BCUT2D eigenvalue weighted by molar-refractivity contribution is 0.398. The van der Waals surface area contributed by atoms with Gasteiger partial charge < -0.3 is 10.1 Å². The first-order valence-corrected chi connectivity index (χ1v) is 7.37. The second-order valence-electron chi connectivity index (χ2n) is 5.18. The highest BCUT2D eigenvalue weighted by Gasteiger charge is 2.15. The van der Waals surface area contributed by atoms with Gasteiger partial charge in [-0.15, -0.1) is 0 Å². The van der Waals surface area contributed by atoms with E-state index in [0.717, 1.165) is 25.9 Å². The van der Waals surface area contributed by atoms with Crippen LogP contribution in [0.25, 0.3) is 5.57 Å². The van der Waals surface area contributed by atoms with Crippen molar-refractivity contribution >= 4 is 5.57 Å². The number of hydrogen-bond donors (Lipinski definition) is 1. The number of benzene rings is 1. The summed E-state index contributed by atoms with van der Waals surface area (Å²) in [5, 5.41) is 3.42. The second-order valence-corrected chi connectivity index (χ2v) is 5.18. The maximum absolute atomic E-state index is 5.28. The molecule has 0 aliphatic carbocycles. The average molecular weight is 280 g/mol. The maximum Gasteiger partial charge on any atom is 0.213 e. The van der Waals surface area contributed by atoms with Gasteiger partial charge in [0.25, 0.3) is 0 Å². The van der Waals surface area contributed by atoms with E-state index in [4.69, 9.17) is 4.74 Å². The van der Waals surface area contributed by atoms with E-state index in [1.807, 2.05) is 12.3 Å². The van der Waals surface area contributed by atoms with Crippen molar-refractivity contribution in [2.45, 2.75) is 12.8 Å². The lowest BCUT2D eigenvalue weighted by Crippen LogP contribution is -2.23. The zero-order chi connectivity index (χ0) is 14.5. The van der Waals surface area contributed by atoms with Crippen molar-refractivity contribution in [2.24, 2.45) is 0 Å². The number of methoxy groups -OCH3 is 1. The molecule has 1 N–H and O–H groups in total. The van der Waals surface area contributed by atoms with Crippen molar-refractivity contribution in [3.63, 3.8) is 0 Å². The van der Waals surface area contributed by atoms with E-state index >= 15 is 0 Å². The van der Waals surface area contributed by atoms with Crippen LogP contribution in [0.1, 0.15) is 24.0 Å². The minimum atomic E-state index is 0.662. The Morgan fingerprint density at radius 3 is 2.52 bits per heavy atom. The number of piperidine rings is 1. The van der Waals surface area contributed by atoms with Crippen LogP contribution in [0.2, 0.25) is 0 Å². The summed E-state index contributed by atoms with van der Waals surface area (Å²) in [5.41, 5.74) is 5.29. The predicted octanol–water partition coefficient (Wildman–Crippen LogP) is 3.28. The maximum atomic E-state index is 5.28. The predicted molar refractivity (Wildman–Crippen MR) is 85.4 cm³/mol. The Labute approximate surface area is 125 Å². The third kappa shape index (κ3) is 3.14. The molecule has 21 heavy (non-hydrogen) atoms. The molecular weight excluding hydrogens is 260 g/mol. The van der Waals surface area contributed by atoms with Gasteiger partial charge in [-0.3, -0.25) is 0 Å². The van der Waals surface area contributed by atoms with Crippen molar-refractivity contribution in [3.8, 4) is 5.88 Å². The van der Waals surface area contributed by atoms with Gasteiger partial charge in [0.1, 0.15) is 0 Å². The van der Waals surface area contributed by atoms with Gasteiger partial charge in [-0.1, -0.05) is 35.9 Å². The summed E-state index contributed by atoms with van der Waals surface area (Å²) >= 11 is 0. The Kier molecular flexibility index (Phi) is 4.31. The summed E-state index contributed by atoms with van der Waals surface area (Å²) in [6, 6.07) is 14.7. The molecule has 1 aromatic heterocycles. The summed E-state index contributed by atoms with van der Waals surface area (Å²) in [7, 11) is 1.66. The zero-order valence-corrected chi connectivity index (χ0v) is 12.3. The minimum absolute atomic E-state index is 0.662. The van der Waals surface area contributed by atoms with E-state index in [2.05, 4.69) is 46.7 Å². The fraction of sp³-hybridized carbons (Fsp3) is 0.278. The standard InChI is InChI=1S/C18H20N2O/c1-21-17-13-16(9-12-20-17)18(14-5-3-2-4-6-14)15-7-10-19-11-8-15/h2-6,9,12-13,19H,7-8,10-11H2,1H3. The molecule has 2 aromatic rings. The molecule has 0 atom stereocenters. The van der Waals surface area contributed by atoms with Crippen LogP contribution in [0.15, 0.2) is 54.2 Å². The van der Waals surface area contributed by atoms with E-state index in [0.29, 0.717) is 5.88 Å². The van der Waals surface area contributed by atoms with Gasteiger partial charge in [0.05, 0.1) is 7.11 Å². The first kappa shape index (κ1) is 13.8. The first-order valence-electron chi connectivity index (χ1n) is 7.37. The van der Waals surface area contributed by atoms with Crippen LogP contribution in [0, 0.1) is 0 Å². The lowest BCUT2D eigenvalue weighted by Gasteiger charge is -2.21. The summed E-state index contributed by atoms with van der Waals surface area (Å²) < 4.78 is 5.28. The summed E-state index contributed by atoms with van der Waals surface area (Å²) in [5.74, 6) is 0.662. The van der Waals surface area contributed by atoms with E-state index in [1.165, 1.54) is 22.3 Å². The number of ether oxygens (including phenoxy) is 1. The van der Waals surface area contributed by atoms with Gasteiger partial charge in [-0.05, 0) is 48.7 Å². The average Bonchev–Trinajstić information content (AvgIpc) is 2.57. The fourth-order valence-corrected chi connectivity index (χ4v) is 2.83. The molecule has 0 spiro atoms. The van der Waals surface area contributed by atoms with E-state index in [9.17, 15) is 0 Å². The van der Waals surface area contributed by atoms with Gasteiger partial charge in [0.15, 0.2) is 0 Å². The Hall–Kier alpha value is -2.13. The number of nitrogens with one attached hydrogen (secondary N) is 1. The molecule has 0 amide bonds. The Morgan fingerprint density at radius 1 is 1.05 bits per heavy atom. The number of pyridine rings is 1. The topological polar surface area (TPSA) is 34.1 Å². The van der Waals surface area contributed by atoms with Crippen molar-refractivity contribution in [2.75, 3.05) is 20.2 Å². The van der Waals surface area contributed by atoms with E-state index in [-0.39, 0.29) is 0 Å². The van der Waals surface area contributed by atoms with Gasteiger partial charge in [0, 0.05) is 12.3 Å². The van der Waals surface area contributed by atoms with Crippen molar-refractivity contribution < 1.29 is 4.74 Å². The van der Waals surface area contributed by atoms with E-state index in [1.54, 1.807) is 7.11 Å². The van der Waals surface area contributed by atoms with Crippen LogP contribution < -0.4 is 10.1 Å². The van der Waals surface area contributed by atoms with Crippen molar-refractivity contribution in [1.82, 2.24) is 10.3 Å². The molecule has 3 nitrogen and oxygen atoms in total. The highest BCUT2D eigenvalue weighted by Crippen LogP contribution is 2.31. The quantitative estimate of drug-likeness (QED) is 0.937. The molecule has 0 saturated carbocycles. The number of rotatable bonds is 3. The van der Waals surface area contributed by atoms with Crippen molar-refractivity contribution in [1.29, 1.82) is 0 Å². The van der Waals surface area contributed by atoms with Crippen LogP contribution in [0.5, 0.6) is 5.88 Å². The lowest BCUT2D eigenvalue weighted by atomic mass is 9.89. The normalized spacial score (nSPS) is 14.8. The number of hydrogen-bond acceptors (Lipinski definition) is 3. The molecule has 3 rings (SSSR count). The first-order chi connectivity index (χ1) is 10.4. The zero-order valence-electron chi connectivity index (χ0n) is 12.3. The monoisotopic (exact) mass is 280 g/mol. The van der Waals surface area contributed by atoms with Crippen LogP contribution in [0.4, 0.5) is 0 Å². The molecule has 2 heterocycles. The summed E-state index contributed by atoms with van der Waals surface area (Å²) in [6.07, 6.45) is 4.00. The number of aromatic nitrogens is 1. The largest absolute Gasteiger partial charge is 0.481 e. The third-order valence-electron chi connectivity index (χ3n) is 3.86. The molecule has 0 radical (unpaired) electrons. The molecule has 1 aliphatic heterocycles. The highest BCUT2D eigenvalue weighted by atomic mass is 16.5. The second kappa shape index (κ2) is 6.55. The number of nitrogens with zero attached hydrogens (tertiary/aromatic N) is 1. The molecule has 3 heteroatoms. The SMILES string of the molecule is COc1cc(C(=C2CCNCC2)c2ccccc2)ccn1. The summed E-state index contributed by atoms with van der Waals surface area (Å²) in [4.78, 5) is 4.22. The molecule has 108 valence electrons. The van der Waals surface area contributed by atoms with Crippen LogP contribution in [-0.2, 0) is 0 Å². The highest BCUT2D eigenvalue weighted by molar-refractivity contribution is 5.82. The van der Waals surface area contributed by atoms with Crippen molar-refractivity contribution in [3.05, 3.63) is 65.4 Å². The van der Waals surface area contributed by atoms with Crippen LogP contribution >= 0.6 is 0 Å². The Bertz CT molecular complexity index is 627. The minimum Gasteiger partial charge on any atom is -0.481 e. The molecule has 0 bridgehead atoms. The molecule has 1 fully saturated rings. The van der Waals surface area contributed by atoms with Gasteiger partial charge >= 0.3 is 0 Å². The Balaban J connectivity index is 2.11. The van der Waals surface area contributed by atoms with E-state index < -0.39 is 0 Å². The third-order valence-corrected chi connectivity index (χ3v) is 3.86. The van der Waals surface area contributed by atoms with Gasteiger partial charge in [-0.25, -0.2) is 4.98 Å². The molecule has 1 aromatic carbocycles. The molecule has 0 unspecified atom stereocenters. The van der Waals surface area contributed by atoms with Crippen LogP contribution in [-0.4, -0.2) is 25.2 Å². The summed E-state index contributed by atoms with van der Waals surface area (Å²) in [6.45, 7) is 2.10. The van der Waals surface area contributed by atoms with Crippen LogP contribution in [0.3, 0.4) is 0 Å². The Morgan fingerprint density at radius 2 is 1.81 bits per heavy atom. The smallest absolute Gasteiger partial charge is 0.213 e. The molecule has 1 saturated heterocycles. The van der Waals surface area contributed by atoms with Gasteiger partial charge in [-0.2, -0.15) is 0 Å². The molecular formula is C18H20N2O. The van der Waals surface area contributed by atoms with Gasteiger partial charge in [0.2, 0.25) is 5.88 Å².